The van der Waals surface area contributed by atoms with Gasteiger partial charge in [-0.15, -0.1) is 10.2 Å². The normalized spacial score (nSPS) is 17.5. The molecule has 144 valence electrons. The van der Waals surface area contributed by atoms with Gasteiger partial charge in [0.15, 0.2) is 4.34 Å². The highest BCUT2D eigenvalue weighted by Gasteiger charge is 2.31. The fraction of sp³-hybridized carbons (Fsp3) is 0.444. The molecule has 1 aliphatic heterocycles. The Labute approximate surface area is 166 Å². The first kappa shape index (κ1) is 19.8. The van der Waals surface area contributed by atoms with Crippen LogP contribution in [0.3, 0.4) is 0 Å². The average molecular weight is 406 g/mol. The number of carbonyl (C=O) groups excluding carboxylic acids is 2. The van der Waals surface area contributed by atoms with Crippen LogP contribution in [0.15, 0.2) is 34.7 Å². The maximum atomic E-state index is 12.3. The van der Waals surface area contributed by atoms with Crippen LogP contribution >= 0.6 is 23.1 Å². The summed E-state index contributed by atoms with van der Waals surface area (Å²) < 4.78 is 0.905. The van der Waals surface area contributed by atoms with Crippen molar-refractivity contribution in [2.75, 3.05) is 25.4 Å². The lowest BCUT2D eigenvalue weighted by Crippen LogP contribution is -2.56. The van der Waals surface area contributed by atoms with Crippen molar-refractivity contribution in [2.24, 2.45) is 0 Å². The van der Waals surface area contributed by atoms with E-state index in [0.29, 0.717) is 19.6 Å². The maximum Gasteiger partial charge on any atom is 0.237 e. The molecule has 9 heteroatoms. The second kappa shape index (κ2) is 9.82. The van der Waals surface area contributed by atoms with Gasteiger partial charge in [-0.3, -0.25) is 14.5 Å². The summed E-state index contributed by atoms with van der Waals surface area (Å²) in [7, 11) is 0. The number of aromatic nitrogens is 2. The van der Waals surface area contributed by atoms with Crippen LogP contribution in [-0.4, -0.2) is 58.3 Å². The number of nitrogens with one attached hydrogen (secondary N) is 2. The predicted molar refractivity (Wildman–Crippen MR) is 107 cm³/mol. The molecule has 7 nitrogen and oxygen atoms in total. The molecule has 2 amide bonds. The Morgan fingerprint density at radius 1 is 1.37 bits per heavy atom. The van der Waals surface area contributed by atoms with Gasteiger partial charge in [-0.25, -0.2) is 0 Å². The molecule has 1 aromatic heterocycles. The van der Waals surface area contributed by atoms with E-state index in [9.17, 15) is 9.59 Å². The highest BCUT2D eigenvalue weighted by molar-refractivity contribution is 8.01. The van der Waals surface area contributed by atoms with Crippen molar-refractivity contribution >= 4 is 34.9 Å². The number of amides is 2. The van der Waals surface area contributed by atoms with Gasteiger partial charge >= 0.3 is 0 Å². The van der Waals surface area contributed by atoms with E-state index in [2.05, 4.69) is 25.7 Å². The summed E-state index contributed by atoms with van der Waals surface area (Å²) in [5.74, 6) is 0.542. The molecular formula is C18H23N5O2S2. The van der Waals surface area contributed by atoms with Crippen LogP contribution in [0.25, 0.3) is 0 Å². The zero-order valence-electron chi connectivity index (χ0n) is 15.2. The number of rotatable bonds is 8. The van der Waals surface area contributed by atoms with Crippen molar-refractivity contribution in [2.45, 2.75) is 30.3 Å². The van der Waals surface area contributed by atoms with Crippen LogP contribution in [0.5, 0.6) is 0 Å². The fourth-order valence-electron chi connectivity index (χ4n) is 2.90. The smallest absolute Gasteiger partial charge is 0.237 e. The van der Waals surface area contributed by atoms with E-state index < -0.39 is 6.04 Å². The monoisotopic (exact) mass is 405 g/mol. The molecule has 2 N–H and O–H groups in total. The van der Waals surface area contributed by atoms with Gasteiger partial charge in [0.1, 0.15) is 5.01 Å². The predicted octanol–water partition coefficient (Wildman–Crippen LogP) is 1.45. The lowest BCUT2D eigenvalue weighted by Gasteiger charge is -2.34. The molecule has 1 unspecified atom stereocenters. The zero-order valence-corrected chi connectivity index (χ0v) is 16.8. The van der Waals surface area contributed by atoms with E-state index in [1.165, 1.54) is 0 Å². The Morgan fingerprint density at radius 2 is 2.19 bits per heavy atom. The average Bonchev–Trinajstić information content (AvgIpc) is 3.08. The van der Waals surface area contributed by atoms with E-state index in [1.54, 1.807) is 23.1 Å². The van der Waals surface area contributed by atoms with Crippen LogP contribution in [0, 0.1) is 6.92 Å². The molecule has 0 aliphatic carbocycles. The van der Waals surface area contributed by atoms with Gasteiger partial charge in [0.25, 0.3) is 0 Å². The van der Waals surface area contributed by atoms with E-state index in [1.807, 2.05) is 37.3 Å². The Hall–Kier alpha value is -1.97. The summed E-state index contributed by atoms with van der Waals surface area (Å²) in [6, 6.07) is 9.58. The minimum absolute atomic E-state index is 0.0777. The van der Waals surface area contributed by atoms with Gasteiger partial charge in [0.2, 0.25) is 11.8 Å². The summed E-state index contributed by atoms with van der Waals surface area (Å²) in [4.78, 5) is 26.7. The second-order valence-corrected chi connectivity index (χ2v) is 8.78. The molecule has 2 aromatic rings. The first-order valence-corrected chi connectivity index (χ1v) is 10.7. The van der Waals surface area contributed by atoms with Crippen LogP contribution in [0.2, 0.25) is 0 Å². The van der Waals surface area contributed by atoms with Crippen molar-refractivity contribution < 1.29 is 9.59 Å². The molecule has 2 heterocycles. The molecule has 0 bridgehead atoms. The number of hydrogen-bond donors (Lipinski definition) is 2. The molecule has 0 saturated carbocycles. The minimum atomic E-state index is -0.433. The van der Waals surface area contributed by atoms with Crippen LogP contribution < -0.4 is 10.6 Å². The van der Waals surface area contributed by atoms with Gasteiger partial charge in [0.05, 0.1) is 12.5 Å². The molecule has 1 saturated heterocycles. The third kappa shape index (κ3) is 6.02. The molecule has 1 aliphatic rings. The van der Waals surface area contributed by atoms with Gasteiger partial charge in [0, 0.05) is 31.9 Å². The second-order valence-electron chi connectivity index (χ2n) is 6.25. The van der Waals surface area contributed by atoms with Crippen LogP contribution in [-0.2, 0) is 16.1 Å². The molecule has 0 spiro atoms. The Bertz CT molecular complexity index is 768. The molecule has 1 aromatic carbocycles. The van der Waals surface area contributed by atoms with Crippen molar-refractivity contribution in [3.05, 3.63) is 40.9 Å². The number of carbonyl (C=O) groups is 2. The first-order valence-electron chi connectivity index (χ1n) is 8.87. The van der Waals surface area contributed by atoms with Gasteiger partial charge in [-0.05, 0) is 12.5 Å². The van der Waals surface area contributed by atoms with Gasteiger partial charge in [-0.2, -0.15) is 0 Å². The third-order valence-electron chi connectivity index (χ3n) is 4.21. The number of hydrogen-bond acceptors (Lipinski definition) is 7. The third-order valence-corrected chi connectivity index (χ3v) is 6.18. The Morgan fingerprint density at radius 3 is 2.93 bits per heavy atom. The quantitative estimate of drug-likeness (QED) is 0.511. The number of nitrogens with zero attached hydrogens (tertiary/aromatic N) is 3. The van der Waals surface area contributed by atoms with Crippen LogP contribution in [0.4, 0.5) is 0 Å². The summed E-state index contributed by atoms with van der Waals surface area (Å²) in [6.07, 6.45) is 0.168. The number of piperazine rings is 1. The Kier molecular flexibility index (Phi) is 7.19. The van der Waals surface area contributed by atoms with E-state index in [4.69, 9.17) is 0 Å². The molecule has 1 fully saturated rings. The SMILES string of the molecule is Cc1nnc(SCCNC(=O)CC2C(=O)NCCN2Cc2ccccc2)s1. The minimum Gasteiger partial charge on any atom is -0.355 e. The topological polar surface area (TPSA) is 87.2 Å². The summed E-state index contributed by atoms with van der Waals surface area (Å²) >= 11 is 3.12. The highest BCUT2D eigenvalue weighted by Crippen LogP contribution is 2.21. The van der Waals surface area contributed by atoms with Gasteiger partial charge in [-0.1, -0.05) is 53.4 Å². The van der Waals surface area contributed by atoms with E-state index >= 15 is 0 Å². The zero-order chi connectivity index (χ0) is 19.1. The van der Waals surface area contributed by atoms with Crippen LogP contribution in [0.1, 0.15) is 17.0 Å². The maximum absolute atomic E-state index is 12.3. The summed E-state index contributed by atoms with van der Waals surface area (Å²) in [5, 5.41) is 14.7. The van der Waals surface area contributed by atoms with Crippen molar-refractivity contribution in [3.8, 4) is 0 Å². The largest absolute Gasteiger partial charge is 0.355 e. The summed E-state index contributed by atoms with van der Waals surface area (Å²) in [5.41, 5.74) is 1.14. The molecule has 1 atom stereocenters. The fourth-order valence-corrected chi connectivity index (χ4v) is 4.65. The number of benzene rings is 1. The standard InChI is InChI=1S/C18H23N5O2S2/c1-13-21-22-18(27-13)26-10-8-19-16(24)11-15-17(25)20-7-9-23(15)12-14-5-3-2-4-6-14/h2-6,15H,7-12H2,1H3,(H,19,24)(H,20,25). The lowest BCUT2D eigenvalue weighted by molar-refractivity contribution is -0.134. The molecule has 27 heavy (non-hydrogen) atoms. The molecular weight excluding hydrogens is 382 g/mol. The van der Waals surface area contributed by atoms with Gasteiger partial charge < -0.3 is 10.6 Å². The first-order chi connectivity index (χ1) is 13.1. The Balaban J connectivity index is 1.47. The number of aryl methyl sites for hydroxylation is 1. The number of thioether (sulfide) groups is 1. The van der Waals surface area contributed by atoms with Crippen molar-refractivity contribution in [1.29, 1.82) is 0 Å². The van der Waals surface area contributed by atoms with E-state index in [-0.39, 0.29) is 18.2 Å². The summed E-state index contributed by atoms with van der Waals surface area (Å²) in [6.45, 7) is 4.47. The van der Waals surface area contributed by atoms with E-state index in [0.717, 1.165) is 27.2 Å². The lowest BCUT2D eigenvalue weighted by atomic mass is 10.1. The molecule has 0 radical (unpaired) electrons. The highest BCUT2D eigenvalue weighted by atomic mass is 32.2. The van der Waals surface area contributed by atoms with Crippen molar-refractivity contribution in [3.63, 3.8) is 0 Å². The molecule has 3 rings (SSSR count). The van der Waals surface area contributed by atoms with Crippen molar-refractivity contribution in [1.82, 2.24) is 25.7 Å².